The molecule has 12 rings (SSSR count). The fraction of sp³-hybridized carbons (Fsp3) is 0.0476. The summed E-state index contributed by atoms with van der Waals surface area (Å²) in [5.74, 6) is 0. The van der Waals surface area contributed by atoms with Gasteiger partial charge < -0.3 is 9.32 Å². The average Bonchev–Trinajstić information content (AvgIpc) is 3.86. The Morgan fingerprint density at radius 1 is 0.323 bits per heavy atom. The van der Waals surface area contributed by atoms with E-state index in [9.17, 15) is 0 Å². The van der Waals surface area contributed by atoms with E-state index in [0.29, 0.717) is 0 Å². The molecule has 2 heteroatoms. The smallest absolute Gasteiger partial charge is 0.136 e. The van der Waals surface area contributed by atoms with Crippen LogP contribution in [0.3, 0.4) is 0 Å². The van der Waals surface area contributed by atoms with E-state index >= 15 is 0 Å². The topological polar surface area (TPSA) is 16.4 Å². The molecular weight excluding hydrogens is 787 g/mol. The minimum absolute atomic E-state index is 0.132. The lowest BCUT2D eigenvalue weighted by Gasteiger charge is -2.32. The number of anilines is 3. The molecule has 0 amide bonds. The average molecular weight is 832 g/mol. The molecule has 1 heterocycles. The van der Waals surface area contributed by atoms with E-state index in [2.05, 4.69) is 249 Å². The second kappa shape index (κ2) is 15.6. The van der Waals surface area contributed by atoms with E-state index in [1.165, 1.54) is 44.5 Å². The van der Waals surface area contributed by atoms with Crippen LogP contribution in [0.2, 0.25) is 0 Å². The number of hydrogen-bond acceptors (Lipinski definition) is 2. The summed E-state index contributed by atoms with van der Waals surface area (Å²) in [4.78, 5) is 2.50. The Balaban J connectivity index is 1.15. The minimum Gasteiger partial charge on any atom is -0.456 e. The Morgan fingerprint density at radius 3 is 1.69 bits per heavy atom. The first-order valence-electron chi connectivity index (χ1n) is 22.5. The number of para-hydroxylation sites is 2. The third kappa shape index (κ3) is 6.49. The monoisotopic (exact) mass is 831 g/mol. The molecule has 1 aromatic heterocycles. The van der Waals surface area contributed by atoms with E-state index in [-0.39, 0.29) is 5.41 Å². The van der Waals surface area contributed by atoms with Crippen LogP contribution in [-0.2, 0) is 5.41 Å². The molecule has 0 saturated carbocycles. The fourth-order valence-electron chi connectivity index (χ4n) is 10.4. The first-order valence-corrected chi connectivity index (χ1v) is 22.5. The molecule has 0 radical (unpaired) electrons. The summed E-state index contributed by atoms with van der Waals surface area (Å²) in [5.41, 5.74) is 21.7. The van der Waals surface area contributed by atoms with Crippen LogP contribution in [0.25, 0.3) is 88.7 Å². The van der Waals surface area contributed by atoms with Crippen LogP contribution >= 0.6 is 0 Å². The van der Waals surface area contributed by atoms with E-state index in [4.69, 9.17) is 4.42 Å². The molecule has 11 aromatic rings. The SMILES string of the molecule is CC1(C)c2ccccc2-c2c(-c3ccccc3N(c3cccc(-c4ccccc4)c3)c3cccc(-c4ccc5c(c4)oc4ccccc45)c3-c3cccc(-c4ccccc4)c3)cccc21. The maximum atomic E-state index is 6.54. The first-order chi connectivity index (χ1) is 32.0. The van der Waals surface area contributed by atoms with Gasteiger partial charge in [-0.15, -0.1) is 0 Å². The molecule has 0 N–H and O–H groups in total. The zero-order valence-corrected chi connectivity index (χ0v) is 36.4. The van der Waals surface area contributed by atoms with Crippen molar-refractivity contribution in [3.8, 4) is 66.8 Å². The van der Waals surface area contributed by atoms with Crippen molar-refractivity contribution in [3.05, 3.63) is 248 Å². The highest BCUT2D eigenvalue weighted by atomic mass is 16.3. The van der Waals surface area contributed by atoms with Gasteiger partial charge in [-0.1, -0.05) is 202 Å². The van der Waals surface area contributed by atoms with Gasteiger partial charge in [-0.2, -0.15) is 0 Å². The summed E-state index contributed by atoms with van der Waals surface area (Å²) >= 11 is 0. The Hall–Kier alpha value is -8.20. The number of rotatable bonds is 8. The highest BCUT2D eigenvalue weighted by Crippen LogP contribution is 2.55. The second-order valence-electron chi connectivity index (χ2n) is 17.6. The lowest BCUT2D eigenvalue weighted by atomic mass is 9.82. The van der Waals surface area contributed by atoms with Crippen LogP contribution in [0.1, 0.15) is 25.0 Å². The number of furan rings is 1. The molecule has 10 aromatic carbocycles. The number of fused-ring (bicyclic) bond motifs is 6. The molecule has 1 aliphatic rings. The van der Waals surface area contributed by atoms with Gasteiger partial charge in [0.15, 0.2) is 0 Å². The van der Waals surface area contributed by atoms with Crippen LogP contribution in [0.15, 0.2) is 241 Å². The predicted molar refractivity (Wildman–Crippen MR) is 273 cm³/mol. The summed E-state index contributed by atoms with van der Waals surface area (Å²) in [6.07, 6.45) is 0. The van der Waals surface area contributed by atoms with Crippen LogP contribution in [0.5, 0.6) is 0 Å². The van der Waals surface area contributed by atoms with Crippen LogP contribution in [-0.4, -0.2) is 0 Å². The van der Waals surface area contributed by atoms with Gasteiger partial charge in [0.1, 0.15) is 11.2 Å². The highest BCUT2D eigenvalue weighted by Gasteiger charge is 2.37. The fourth-order valence-corrected chi connectivity index (χ4v) is 10.4. The molecule has 2 nitrogen and oxygen atoms in total. The molecule has 0 spiro atoms. The number of nitrogens with zero attached hydrogens (tertiary/aromatic N) is 1. The maximum absolute atomic E-state index is 6.54. The molecular formula is C63H45NO. The quantitative estimate of drug-likeness (QED) is 0.152. The zero-order valence-electron chi connectivity index (χ0n) is 36.4. The molecule has 0 bridgehead atoms. The van der Waals surface area contributed by atoms with Gasteiger partial charge in [0.05, 0.1) is 11.4 Å². The summed E-state index contributed by atoms with van der Waals surface area (Å²) in [7, 11) is 0. The lowest BCUT2D eigenvalue weighted by Crippen LogP contribution is -2.15. The van der Waals surface area contributed by atoms with Gasteiger partial charge in [0.25, 0.3) is 0 Å². The molecule has 0 saturated heterocycles. The molecule has 308 valence electrons. The van der Waals surface area contributed by atoms with Crippen molar-refractivity contribution < 1.29 is 4.42 Å². The van der Waals surface area contributed by atoms with Crippen molar-refractivity contribution in [1.82, 2.24) is 0 Å². The van der Waals surface area contributed by atoms with E-state index in [1.54, 1.807) is 0 Å². The first kappa shape index (κ1) is 38.5. The molecule has 0 fully saturated rings. The van der Waals surface area contributed by atoms with Crippen molar-refractivity contribution in [2.45, 2.75) is 19.3 Å². The number of hydrogen-bond donors (Lipinski definition) is 0. The van der Waals surface area contributed by atoms with Crippen LogP contribution in [0, 0.1) is 0 Å². The summed E-state index contributed by atoms with van der Waals surface area (Å²) < 4.78 is 6.54. The summed E-state index contributed by atoms with van der Waals surface area (Å²) in [5, 5.41) is 2.24. The summed E-state index contributed by atoms with van der Waals surface area (Å²) in [6, 6.07) is 86.0. The van der Waals surface area contributed by atoms with Crippen molar-refractivity contribution in [2.24, 2.45) is 0 Å². The Labute approximate surface area is 380 Å². The zero-order chi connectivity index (χ0) is 43.5. The van der Waals surface area contributed by atoms with Crippen molar-refractivity contribution in [1.29, 1.82) is 0 Å². The van der Waals surface area contributed by atoms with E-state index < -0.39 is 0 Å². The van der Waals surface area contributed by atoms with Gasteiger partial charge in [-0.25, -0.2) is 0 Å². The largest absolute Gasteiger partial charge is 0.456 e. The lowest BCUT2D eigenvalue weighted by molar-refractivity contribution is 0.660. The van der Waals surface area contributed by atoms with Gasteiger partial charge in [-0.3, -0.25) is 0 Å². The van der Waals surface area contributed by atoms with Gasteiger partial charge >= 0.3 is 0 Å². The Morgan fingerprint density at radius 2 is 0.877 bits per heavy atom. The molecule has 0 atom stereocenters. The third-order valence-electron chi connectivity index (χ3n) is 13.5. The van der Waals surface area contributed by atoms with Crippen molar-refractivity contribution >= 4 is 39.0 Å². The predicted octanol–water partition coefficient (Wildman–Crippen LogP) is 17.7. The standard InChI is InChI=1S/C63H45NO/c1-63(2)55-32-12-9-29-54(55)62-53(31-17-33-56(62)63)50-27-10-13-34-57(50)64(48-26-16-24-45(40-48)43-21-7-4-8-22-43)58-35-18-30-49(46-37-38-52-51-28-11-14-36-59(51)65-60(52)41-46)61(58)47-25-15-23-44(39-47)42-19-5-3-6-20-42/h3-41H,1-2H3. The molecule has 65 heavy (non-hydrogen) atoms. The molecule has 0 unspecified atom stereocenters. The van der Waals surface area contributed by atoms with E-state index in [0.717, 1.165) is 72.4 Å². The van der Waals surface area contributed by atoms with Gasteiger partial charge in [0, 0.05) is 33.0 Å². The summed E-state index contributed by atoms with van der Waals surface area (Å²) in [6.45, 7) is 4.72. The third-order valence-corrected chi connectivity index (χ3v) is 13.5. The normalized spacial score (nSPS) is 12.6. The number of benzene rings is 10. The second-order valence-corrected chi connectivity index (χ2v) is 17.6. The minimum atomic E-state index is -0.132. The van der Waals surface area contributed by atoms with Crippen molar-refractivity contribution in [3.63, 3.8) is 0 Å². The van der Waals surface area contributed by atoms with Gasteiger partial charge in [-0.05, 0) is 115 Å². The molecule has 1 aliphatic carbocycles. The highest BCUT2D eigenvalue weighted by molar-refractivity contribution is 6.08. The molecule has 0 aliphatic heterocycles. The van der Waals surface area contributed by atoms with Gasteiger partial charge in [0.2, 0.25) is 0 Å². The Kier molecular flexibility index (Phi) is 9.21. The van der Waals surface area contributed by atoms with Crippen molar-refractivity contribution in [2.75, 3.05) is 4.90 Å². The van der Waals surface area contributed by atoms with Crippen LogP contribution in [0.4, 0.5) is 17.1 Å². The van der Waals surface area contributed by atoms with Crippen LogP contribution < -0.4 is 4.90 Å². The maximum Gasteiger partial charge on any atom is 0.136 e. The van der Waals surface area contributed by atoms with E-state index in [1.807, 2.05) is 6.07 Å². The Bertz CT molecular complexity index is 3580.